The van der Waals surface area contributed by atoms with Crippen LogP contribution in [0, 0.1) is 5.92 Å². The van der Waals surface area contributed by atoms with Gasteiger partial charge in [-0.2, -0.15) is 0 Å². The maximum Gasteiger partial charge on any atom is 0.407 e. The van der Waals surface area contributed by atoms with Crippen LogP contribution in [0.1, 0.15) is 78.7 Å². The first-order valence-electron chi connectivity index (χ1n) is 10.5. The number of carbonyl (C=O) groups is 1. The molecular weight excluding hydrogens is 370 g/mol. The molecule has 3 N–H and O–H groups in total. The van der Waals surface area contributed by atoms with Crippen LogP contribution in [0.2, 0.25) is 0 Å². The minimum atomic E-state index is -0.527. The number of aromatic nitrogens is 1. The van der Waals surface area contributed by atoms with Crippen molar-refractivity contribution >= 4 is 12.1 Å². The molecule has 8 heteroatoms. The highest BCUT2D eigenvalue weighted by molar-refractivity contribution is 5.79. The molecule has 1 aromatic rings. The smallest absolute Gasteiger partial charge is 0.407 e. The molecule has 1 heterocycles. The van der Waals surface area contributed by atoms with Gasteiger partial charge in [0.2, 0.25) is 0 Å². The number of carbonyl (C=O) groups excluding carboxylic acids is 1. The van der Waals surface area contributed by atoms with E-state index in [4.69, 9.17) is 9.26 Å². The van der Waals surface area contributed by atoms with Gasteiger partial charge in [-0.05, 0) is 39.5 Å². The molecule has 0 aliphatic carbocycles. The molecule has 0 aliphatic heterocycles. The third-order valence-electron chi connectivity index (χ3n) is 4.63. The highest BCUT2D eigenvalue weighted by Gasteiger charge is 2.21. The summed E-state index contributed by atoms with van der Waals surface area (Å²) < 4.78 is 10.8. The van der Waals surface area contributed by atoms with Gasteiger partial charge in [-0.25, -0.2) is 4.79 Å². The van der Waals surface area contributed by atoms with Gasteiger partial charge in [0.1, 0.15) is 5.60 Å². The molecule has 1 amide bonds. The zero-order valence-corrected chi connectivity index (χ0v) is 19.3. The van der Waals surface area contributed by atoms with Crippen LogP contribution in [0.15, 0.2) is 15.6 Å². The topological polar surface area (TPSA) is 101 Å². The number of rotatable bonds is 9. The van der Waals surface area contributed by atoms with Gasteiger partial charge < -0.3 is 25.2 Å². The Kier molecular flexibility index (Phi) is 9.98. The SMILES string of the molecule is CCC(CC)c1cc(CNC(=NC)NCC(NC(=O)OC(C)(C)C)C(C)C)on1. The molecule has 0 fully saturated rings. The Balaban J connectivity index is 2.56. The van der Waals surface area contributed by atoms with Crippen LogP contribution in [-0.2, 0) is 11.3 Å². The number of nitrogens with one attached hydrogen (secondary N) is 3. The molecule has 0 bridgehead atoms. The van der Waals surface area contributed by atoms with Crippen molar-refractivity contribution in [3.63, 3.8) is 0 Å². The summed E-state index contributed by atoms with van der Waals surface area (Å²) in [5, 5.41) is 13.6. The first kappa shape index (κ1) is 24.8. The molecule has 1 unspecified atom stereocenters. The first-order valence-corrected chi connectivity index (χ1v) is 10.5. The Bertz CT molecular complexity index is 645. The van der Waals surface area contributed by atoms with Crippen LogP contribution < -0.4 is 16.0 Å². The summed E-state index contributed by atoms with van der Waals surface area (Å²) in [5.74, 6) is 2.05. The number of aliphatic imine (C=N–C) groups is 1. The molecule has 0 aromatic carbocycles. The molecule has 0 saturated carbocycles. The summed E-state index contributed by atoms with van der Waals surface area (Å²) in [7, 11) is 1.71. The Hall–Kier alpha value is -2.25. The van der Waals surface area contributed by atoms with Crippen LogP contribution in [0.3, 0.4) is 0 Å². The van der Waals surface area contributed by atoms with Crippen molar-refractivity contribution in [1.29, 1.82) is 0 Å². The van der Waals surface area contributed by atoms with Gasteiger partial charge in [0, 0.05) is 25.6 Å². The van der Waals surface area contributed by atoms with Crippen molar-refractivity contribution in [2.24, 2.45) is 10.9 Å². The maximum atomic E-state index is 12.1. The van der Waals surface area contributed by atoms with E-state index in [1.54, 1.807) is 7.05 Å². The molecule has 8 nitrogen and oxygen atoms in total. The minimum absolute atomic E-state index is 0.102. The number of amides is 1. The molecule has 0 radical (unpaired) electrons. The number of hydrogen-bond donors (Lipinski definition) is 3. The van der Waals surface area contributed by atoms with Gasteiger partial charge in [0.25, 0.3) is 0 Å². The average molecular weight is 410 g/mol. The van der Waals surface area contributed by atoms with Gasteiger partial charge in [0.05, 0.1) is 18.3 Å². The van der Waals surface area contributed by atoms with Crippen LogP contribution in [0.5, 0.6) is 0 Å². The van der Waals surface area contributed by atoms with Crippen LogP contribution in [0.4, 0.5) is 4.79 Å². The van der Waals surface area contributed by atoms with Gasteiger partial charge >= 0.3 is 6.09 Å². The van der Waals surface area contributed by atoms with E-state index in [1.165, 1.54) is 0 Å². The largest absolute Gasteiger partial charge is 0.444 e. The lowest BCUT2D eigenvalue weighted by Gasteiger charge is -2.26. The minimum Gasteiger partial charge on any atom is -0.444 e. The highest BCUT2D eigenvalue weighted by atomic mass is 16.6. The summed E-state index contributed by atoms with van der Waals surface area (Å²) in [5.41, 5.74) is 0.470. The Labute approximate surface area is 175 Å². The van der Waals surface area contributed by atoms with Crippen LogP contribution in [0.25, 0.3) is 0 Å². The van der Waals surface area contributed by atoms with Gasteiger partial charge in [-0.15, -0.1) is 0 Å². The quantitative estimate of drug-likeness (QED) is 0.424. The summed E-state index contributed by atoms with van der Waals surface area (Å²) in [4.78, 5) is 16.3. The molecular formula is C21H39N5O3. The summed E-state index contributed by atoms with van der Waals surface area (Å²) in [6, 6.07) is 1.90. The van der Waals surface area contributed by atoms with Crippen molar-refractivity contribution in [3.8, 4) is 0 Å². The Morgan fingerprint density at radius 1 is 1.24 bits per heavy atom. The molecule has 1 aromatic heterocycles. The normalized spacial score (nSPS) is 13.5. The third kappa shape index (κ3) is 9.19. The number of hydrogen-bond acceptors (Lipinski definition) is 5. The number of guanidine groups is 1. The Morgan fingerprint density at radius 2 is 1.90 bits per heavy atom. The molecule has 0 spiro atoms. The standard InChI is InChI=1S/C21H39N5O3/c1-9-15(10-2)17-11-16(29-26-17)12-23-19(22-8)24-13-18(14(3)4)25-20(27)28-21(5,6)7/h11,14-15,18H,9-10,12-13H2,1-8H3,(H,25,27)(H2,22,23,24). The summed E-state index contributed by atoms with van der Waals surface area (Å²) in [6.07, 6.45) is 1.66. The number of nitrogens with zero attached hydrogens (tertiary/aromatic N) is 2. The summed E-state index contributed by atoms with van der Waals surface area (Å²) in [6.45, 7) is 15.0. The monoisotopic (exact) mass is 409 g/mol. The molecule has 29 heavy (non-hydrogen) atoms. The fraction of sp³-hybridized carbons (Fsp3) is 0.762. The zero-order valence-electron chi connectivity index (χ0n) is 19.3. The third-order valence-corrected chi connectivity index (χ3v) is 4.63. The predicted octanol–water partition coefficient (Wildman–Crippen LogP) is 3.79. The highest BCUT2D eigenvalue weighted by Crippen LogP contribution is 2.22. The van der Waals surface area contributed by atoms with Crippen molar-refractivity contribution in [2.45, 2.75) is 85.4 Å². The van der Waals surface area contributed by atoms with E-state index in [0.29, 0.717) is 25.0 Å². The van der Waals surface area contributed by atoms with E-state index in [2.05, 4.69) is 39.9 Å². The fourth-order valence-electron chi connectivity index (χ4n) is 2.82. The Morgan fingerprint density at radius 3 is 2.41 bits per heavy atom. The van der Waals surface area contributed by atoms with Gasteiger partial charge in [-0.1, -0.05) is 32.9 Å². The van der Waals surface area contributed by atoms with Crippen LogP contribution in [-0.4, -0.2) is 42.4 Å². The van der Waals surface area contributed by atoms with E-state index in [-0.39, 0.29) is 12.0 Å². The maximum absolute atomic E-state index is 12.1. The van der Waals surface area contributed by atoms with E-state index in [0.717, 1.165) is 24.3 Å². The number of alkyl carbamates (subject to hydrolysis) is 1. The van der Waals surface area contributed by atoms with E-state index >= 15 is 0 Å². The molecule has 166 valence electrons. The second-order valence-electron chi connectivity index (χ2n) is 8.53. The van der Waals surface area contributed by atoms with E-state index in [9.17, 15) is 4.79 Å². The zero-order chi connectivity index (χ0) is 22.0. The summed E-state index contributed by atoms with van der Waals surface area (Å²) >= 11 is 0. The van der Waals surface area contributed by atoms with Gasteiger partial charge in [-0.3, -0.25) is 4.99 Å². The lowest BCUT2D eigenvalue weighted by atomic mass is 9.99. The van der Waals surface area contributed by atoms with E-state index < -0.39 is 11.7 Å². The molecule has 0 saturated heterocycles. The van der Waals surface area contributed by atoms with Gasteiger partial charge in [0.15, 0.2) is 11.7 Å². The molecule has 0 aliphatic rings. The lowest BCUT2D eigenvalue weighted by Crippen LogP contribution is -2.50. The van der Waals surface area contributed by atoms with Crippen molar-refractivity contribution in [3.05, 3.63) is 17.5 Å². The fourth-order valence-corrected chi connectivity index (χ4v) is 2.82. The molecule has 1 rings (SSSR count). The number of ether oxygens (including phenoxy) is 1. The molecule has 1 atom stereocenters. The lowest BCUT2D eigenvalue weighted by molar-refractivity contribution is 0.0491. The first-order chi connectivity index (χ1) is 13.6. The second-order valence-corrected chi connectivity index (χ2v) is 8.53. The predicted molar refractivity (Wildman–Crippen MR) is 116 cm³/mol. The van der Waals surface area contributed by atoms with E-state index in [1.807, 2.05) is 40.7 Å². The average Bonchev–Trinajstić information content (AvgIpc) is 3.08. The van der Waals surface area contributed by atoms with Crippen LogP contribution >= 0.6 is 0 Å². The second kappa shape index (κ2) is 11.7. The van der Waals surface area contributed by atoms with Crippen molar-refractivity contribution in [2.75, 3.05) is 13.6 Å². The van der Waals surface area contributed by atoms with Crippen molar-refractivity contribution in [1.82, 2.24) is 21.1 Å². The van der Waals surface area contributed by atoms with Crippen molar-refractivity contribution < 1.29 is 14.1 Å².